The Hall–Kier alpha value is 0.150. The van der Waals surface area contributed by atoms with E-state index in [1.54, 1.807) is 0 Å². The largest absolute Gasteiger partial charge is 0.259 e. The first kappa shape index (κ1) is 12.2. The Morgan fingerprint density at radius 1 is 0.750 bits per heavy atom. The highest BCUT2D eigenvalue weighted by Crippen LogP contribution is 2.17. The standard InChI is InChI=1S/C10H22OS/c1-7(2)9(5)12(11)10(6)8(3)4/h7-10H,1-6H3. The smallest absolute Gasteiger partial charge is 0.0345 e. The van der Waals surface area contributed by atoms with Crippen LogP contribution < -0.4 is 0 Å². The highest BCUT2D eigenvalue weighted by Gasteiger charge is 2.22. The van der Waals surface area contributed by atoms with Gasteiger partial charge >= 0.3 is 0 Å². The molecule has 0 aliphatic carbocycles. The molecule has 2 heteroatoms. The van der Waals surface area contributed by atoms with Gasteiger partial charge < -0.3 is 0 Å². The van der Waals surface area contributed by atoms with Gasteiger partial charge in [-0.2, -0.15) is 0 Å². The normalized spacial score (nSPS) is 19.7. The van der Waals surface area contributed by atoms with Gasteiger partial charge in [0.25, 0.3) is 0 Å². The SMILES string of the molecule is CC(C)C(C)S(=O)C(C)C(C)C. The van der Waals surface area contributed by atoms with Gasteiger partial charge in [0, 0.05) is 21.3 Å². The van der Waals surface area contributed by atoms with Crippen LogP contribution in [0.4, 0.5) is 0 Å². The molecule has 2 atom stereocenters. The van der Waals surface area contributed by atoms with Crippen molar-refractivity contribution in [3.63, 3.8) is 0 Å². The molecule has 0 radical (unpaired) electrons. The Morgan fingerprint density at radius 3 is 1.17 bits per heavy atom. The van der Waals surface area contributed by atoms with Crippen molar-refractivity contribution in [3.8, 4) is 0 Å². The minimum absolute atomic E-state index is 0.322. The molecule has 0 aromatic carbocycles. The second kappa shape index (κ2) is 5.00. The molecule has 0 heterocycles. The van der Waals surface area contributed by atoms with Crippen LogP contribution in [-0.4, -0.2) is 14.7 Å². The van der Waals surface area contributed by atoms with Crippen molar-refractivity contribution in [2.75, 3.05) is 0 Å². The Kier molecular flexibility index (Phi) is 5.07. The minimum Gasteiger partial charge on any atom is -0.259 e. The third-order valence-electron chi connectivity index (χ3n) is 2.61. The third kappa shape index (κ3) is 3.26. The van der Waals surface area contributed by atoms with Crippen molar-refractivity contribution in [1.82, 2.24) is 0 Å². The average Bonchev–Trinajstić information content (AvgIpc) is 2.00. The summed E-state index contributed by atoms with van der Waals surface area (Å²) in [5.41, 5.74) is 0. The molecule has 0 saturated carbocycles. The second-order valence-corrected chi connectivity index (χ2v) is 6.37. The molecule has 0 spiro atoms. The molecule has 0 aliphatic rings. The molecule has 0 N–H and O–H groups in total. The highest BCUT2D eigenvalue weighted by molar-refractivity contribution is 7.86. The van der Waals surface area contributed by atoms with Gasteiger partial charge in [-0.1, -0.05) is 41.5 Å². The first-order valence-electron chi connectivity index (χ1n) is 4.77. The van der Waals surface area contributed by atoms with E-state index in [1.165, 1.54) is 0 Å². The van der Waals surface area contributed by atoms with E-state index in [1.807, 2.05) is 0 Å². The van der Waals surface area contributed by atoms with E-state index < -0.39 is 10.8 Å². The Morgan fingerprint density at radius 2 is 1.00 bits per heavy atom. The maximum atomic E-state index is 11.8. The van der Waals surface area contributed by atoms with Gasteiger partial charge in [-0.25, -0.2) is 0 Å². The maximum Gasteiger partial charge on any atom is 0.0345 e. The molecule has 1 nitrogen and oxygen atoms in total. The van der Waals surface area contributed by atoms with Gasteiger partial charge in [0.05, 0.1) is 0 Å². The summed E-state index contributed by atoms with van der Waals surface area (Å²) in [6, 6.07) is 0. The Bertz CT molecular complexity index is 136. The molecule has 0 aromatic heterocycles. The summed E-state index contributed by atoms with van der Waals surface area (Å²) in [6.45, 7) is 12.7. The molecule has 0 rings (SSSR count). The van der Waals surface area contributed by atoms with E-state index in [9.17, 15) is 4.21 Å². The Labute approximate surface area is 79.4 Å². The molecule has 0 aromatic rings. The van der Waals surface area contributed by atoms with Crippen molar-refractivity contribution in [2.45, 2.75) is 52.0 Å². The van der Waals surface area contributed by atoms with Crippen LogP contribution in [-0.2, 0) is 10.8 Å². The molecule has 0 amide bonds. The second-order valence-electron chi connectivity index (χ2n) is 4.23. The summed E-state index contributed by atoms with van der Waals surface area (Å²) in [7, 11) is -0.670. The van der Waals surface area contributed by atoms with Crippen LogP contribution in [0.3, 0.4) is 0 Å². The predicted molar refractivity (Wildman–Crippen MR) is 56.7 cm³/mol. The maximum absolute atomic E-state index is 11.8. The molecular formula is C10H22OS. The summed E-state index contributed by atoms with van der Waals surface area (Å²) < 4.78 is 11.8. The molecular weight excluding hydrogens is 168 g/mol. The topological polar surface area (TPSA) is 17.1 Å². The van der Waals surface area contributed by atoms with Crippen molar-refractivity contribution in [3.05, 3.63) is 0 Å². The van der Waals surface area contributed by atoms with Gasteiger partial charge in [-0.3, -0.25) is 4.21 Å². The van der Waals surface area contributed by atoms with Gasteiger partial charge in [-0.15, -0.1) is 0 Å². The molecule has 2 unspecified atom stereocenters. The molecule has 0 aliphatic heterocycles. The van der Waals surface area contributed by atoms with E-state index in [-0.39, 0.29) is 0 Å². The van der Waals surface area contributed by atoms with Crippen LogP contribution in [0.25, 0.3) is 0 Å². The summed E-state index contributed by atoms with van der Waals surface area (Å²) in [6.07, 6.45) is 0. The number of hydrogen-bond acceptors (Lipinski definition) is 1. The van der Waals surface area contributed by atoms with Gasteiger partial charge in [0.1, 0.15) is 0 Å². The molecule has 0 fully saturated rings. The summed E-state index contributed by atoms with van der Waals surface area (Å²) in [5, 5.41) is 0.643. The zero-order valence-corrected chi connectivity index (χ0v) is 9.94. The van der Waals surface area contributed by atoms with E-state index >= 15 is 0 Å². The summed E-state index contributed by atoms with van der Waals surface area (Å²) in [4.78, 5) is 0. The van der Waals surface area contributed by atoms with Gasteiger partial charge in [-0.05, 0) is 11.8 Å². The van der Waals surface area contributed by atoms with Crippen molar-refractivity contribution in [2.24, 2.45) is 11.8 Å². The van der Waals surface area contributed by atoms with Crippen molar-refractivity contribution in [1.29, 1.82) is 0 Å². The lowest BCUT2D eigenvalue weighted by Crippen LogP contribution is -2.28. The predicted octanol–water partition coefficient (Wildman–Crippen LogP) is 2.82. The van der Waals surface area contributed by atoms with Crippen molar-refractivity contribution >= 4 is 10.8 Å². The number of hydrogen-bond donors (Lipinski definition) is 0. The van der Waals surface area contributed by atoms with Crippen molar-refractivity contribution < 1.29 is 4.21 Å². The average molecular weight is 190 g/mol. The fraction of sp³-hybridized carbons (Fsp3) is 1.00. The molecule has 12 heavy (non-hydrogen) atoms. The quantitative estimate of drug-likeness (QED) is 0.666. The summed E-state index contributed by atoms with van der Waals surface area (Å²) in [5.74, 6) is 1.04. The monoisotopic (exact) mass is 190 g/mol. The van der Waals surface area contributed by atoms with Crippen LogP contribution in [0, 0.1) is 11.8 Å². The van der Waals surface area contributed by atoms with E-state index in [2.05, 4.69) is 41.5 Å². The molecule has 74 valence electrons. The zero-order chi connectivity index (χ0) is 9.89. The number of rotatable bonds is 4. The minimum atomic E-state index is -0.670. The van der Waals surface area contributed by atoms with Crippen LogP contribution >= 0.6 is 0 Å². The lowest BCUT2D eigenvalue weighted by Gasteiger charge is -2.22. The fourth-order valence-corrected chi connectivity index (χ4v) is 2.63. The highest BCUT2D eigenvalue weighted by atomic mass is 32.2. The first-order valence-corrected chi connectivity index (χ1v) is 6.04. The Balaban J connectivity index is 4.19. The zero-order valence-electron chi connectivity index (χ0n) is 9.13. The fourth-order valence-electron chi connectivity index (χ4n) is 0.875. The van der Waals surface area contributed by atoms with E-state index in [0.29, 0.717) is 22.3 Å². The van der Waals surface area contributed by atoms with Crippen LogP contribution in [0.2, 0.25) is 0 Å². The lowest BCUT2D eigenvalue weighted by atomic mass is 10.1. The van der Waals surface area contributed by atoms with Gasteiger partial charge in [0.2, 0.25) is 0 Å². The van der Waals surface area contributed by atoms with E-state index in [0.717, 1.165) is 0 Å². The van der Waals surface area contributed by atoms with Crippen LogP contribution in [0.1, 0.15) is 41.5 Å². The van der Waals surface area contributed by atoms with E-state index in [4.69, 9.17) is 0 Å². The molecule has 0 bridgehead atoms. The third-order valence-corrected chi connectivity index (χ3v) is 5.16. The van der Waals surface area contributed by atoms with Gasteiger partial charge in [0.15, 0.2) is 0 Å². The lowest BCUT2D eigenvalue weighted by molar-refractivity contribution is 0.567. The van der Waals surface area contributed by atoms with Crippen LogP contribution in [0.5, 0.6) is 0 Å². The summed E-state index contributed by atoms with van der Waals surface area (Å²) >= 11 is 0. The first-order chi connectivity index (χ1) is 5.37. The van der Waals surface area contributed by atoms with Crippen LogP contribution in [0.15, 0.2) is 0 Å². The molecule has 0 saturated heterocycles.